The molecule has 1 heterocycles. The van der Waals surface area contributed by atoms with Crippen LogP contribution in [-0.4, -0.2) is 16.2 Å². The van der Waals surface area contributed by atoms with E-state index in [9.17, 15) is 0 Å². The maximum absolute atomic E-state index is 5.08. The lowest BCUT2D eigenvalue weighted by atomic mass is 10.1. The van der Waals surface area contributed by atoms with Gasteiger partial charge in [-0.3, -0.25) is 0 Å². The molecular formula is C10H10N4. The summed E-state index contributed by atoms with van der Waals surface area (Å²) in [6, 6.07) is 7.88. The first-order valence-electron chi connectivity index (χ1n) is 4.22. The Morgan fingerprint density at radius 3 is 3.07 bits per heavy atom. The number of aromatic nitrogens is 2. The summed E-state index contributed by atoms with van der Waals surface area (Å²) in [6.07, 6.45) is 5.04. The number of hydrazone groups is 1. The van der Waals surface area contributed by atoms with Crippen molar-refractivity contribution in [3.63, 3.8) is 0 Å². The minimum Gasteiger partial charge on any atom is -0.345 e. The lowest BCUT2D eigenvalue weighted by molar-refractivity contribution is 1.26. The summed E-state index contributed by atoms with van der Waals surface area (Å²) < 4.78 is 0. The van der Waals surface area contributed by atoms with Crippen LogP contribution >= 0.6 is 0 Å². The molecule has 14 heavy (non-hydrogen) atoms. The number of hydrogen-bond donors (Lipinski definition) is 2. The lowest BCUT2D eigenvalue weighted by Crippen LogP contribution is -1.87. The molecule has 1 aromatic carbocycles. The number of nitrogens with two attached hydrogens (primary N) is 1. The van der Waals surface area contributed by atoms with Gasteiger partial charge >= 0.3 is 0 Å². The summed E-state index contributed by atoms with van der Waals surface area (Å²) in [5, 5.41) is 3.48. The number of benzene rings is 1. The van der Waals surface area contributed by atoms with Gasteiger partial charge < -0.3 is 10.8 Å². The number of rotatable bonds is 2. The van der Waals surface area contributed by atoms with Crippen molar-refractivity contribution in [3.05, 3.63) is 42.4 Å². The Bertz CT molecular complexity index is 431. The van der Waals surface area contributed by atoms with E-state index in [-0.39, 0.29) is 0 Å². The Kier molecular flexibility index (Phi) is 2.27. The van der Waals surface area contributed by atoms with Crippen molar-refractivity contribution in [3.8, 4) is 11.3 Å². The smallest absolute Gasteiger partial charge is 0.0924 e. The fourth-order valence-corrected chi connectivity index (χ4v) is 1.29. The van der Waals surface area contributed by atoms with Crippen molar-refractivity contribution in [2.24, 2.45) is 10.9 Å². The van der Waals surface area contributed by atoms with E-state index in [4.69, 9.17) is 5.84 Å². The molecule has 0 fully saturated rings. The molecule has 0 radical (unpaired) electrons. The number of nitrogens with zero attached hydrogens (tertiary/aromatic N) is 2. The van der Waals surface area contributed by atoms with E-state index in [1.54, 1.807) is 18.7 Å². The van der Waals surface area contributed by atoms with Crippen molar-refractivity contribution in [1.29, 1.82) is 0 Å². The molecule has 70 valence electrons. The second-order valence-electron chi connectivity index (χ2n) is 2.87. The summed E-state index contributed by atoms with van der Waals surface area (Å²) in [5.41, 5.74) is 3.02. The quantitative estimate of drug-likeness (QED) is 0.422. The van der Waals surface area contributed by atoms with Gasteiger partial charge in [0, 0.05) is 5.56 Å². The molecule has 4 heteroatoms. The molecule has 0 saturated heterocycles. The summed E-state index contributed by atoms with van der Waals surface area (Å²) >= 11 is 0. The highest BCUT2D eigenvalue weighted by Gasteiger charge is 1.98. The monoisotopic (exact) mass is 186 g/mol. The highest BCUT2D eigenvalue weighted by atomic mass is 15.1. The molecule has 0 spiro atoms. The van der Waals surface area contributed by atoms with Gasteiger partial charge in [0.05, 0.1) is 24.4 Å². The molecular weight excluding hydrogens is 176 g/mol. The first-order chi connectivity index (χ1) is 6.90. The molecule has 1 aromatic heterocycles. The zero-order valence-electron chi connectivity index (χ0n) is 7.51. The van der Waals surface area contributed by atoms with Crippen molar-refractivity contribution < 1.29 is 0 Å². The Hall–Kier alpha value is -2.10. The van der Waals surface area contributed by atoms with Gasteiger partial charge in [-0.25, -0.2) is 4.98 Å². The van der Waals surface area contributed by atoms with Crippen LogP contribution in [0.2, 0.25) is 0 Å². The normalized spacial score (nSPS) is 10.9. The zero-order chi connectivity index (χ0) is 9.80. The average Bonchev–Trinajstić information content (AvgIpc) is 2.71. The summed E-state index contributed by atoms with van der Waals surface area (Å²) in [6.45, 7) is 0. The van der Waals surface area contributed by atoms with Crippen molar-refractivity contribution in [2.45, 2.75) is 0 Å². The molecule has 4 nitrogen and oxygen atoms in total. The third kappa shape index (κ3) is 1.64. The molecule has 0 amide bonds. The summed E-state index contributed by atoms with van der Waals surface area (Å²) in [5.74, 6) is 5.08. The predicted octanol–water partition coefficient (Wildman–Crippen LogP) is 1.37. The van der Waals surface area contributed by atoms with Crippen LogP contribution in [0, 0.1) is 0 Å². The second-order valence-corrected chi connectivity index (χ2v) is 2.87. The number of aromatic amines is 1. The second kappa shape index (κ2) is 3.74. The molecule has 0 aliphatic rings. The van der Waals surface area contributed by atoms with E-state index in [1.807, 2.05) is 24.3 Å². The van der Waals surface area contributed by atoms with E-state index in [0.717, 1.165) is 16.8 Å². The van der Waals surface area contributed by atoms with Crippen molar-refractivity contribution in [2.75, 3.05) is 0 Å². The lowest BCUT2D eigenvalue weighted by Gasteiger charge is -1.98. The molecule has 0 aliphatic carbocycles. The van der Waals surface area contributed by atoms with Crippen molar-refractivity contribution >= 4 is 6.21 Å². The van der Waals surface area contributed by atoms with Crippen LogP contribution in [0.5, 0.6) is 0 Å². The van der Waals surface area contributed by atoms with Gasteiger partial charge in [-0.05, 0) is 11.6 Å². The molecule has 0 aliphatic heterocycles. The molecule has 0 saturated carbocycles. The van der Waals surface area contributed by atoms with E-state index in [2.05, 4.69) is 15.1 Å². The highest BCUT2D eigenvalue weighted by molar-refractivity contribution is 5.81. The van der Waals surface area contributed by atoms with Crippen LogP contribution in [0.25, 0.3) is 11.3 Å². The van der Waals surface area contributed by atoms with Crippen molar-refractivity contribution in [1.82, 2.24) is 9.97 Å². The van der Waals surface area contributed by atoms with Gasteiger partial charge in [0.15, 0.2) is 0 Å². The Morgan fingerprint density at radius 2 is 2.36 bits per heavy atom. The molecule has 3 N–H and O–H groups in total. The van der Waals surface area contributed by atoms with E-state index < -0.39 is 0 Å². The Morgan fingerprint density at radius 1 is 1.43 bits per heavy atom. The zero-order valence-corrected chi connectivity index (χ0v) is 7.51. The van der Waals surface area contributed by atoms with Crippen LogP contribution in [0.4, 0.5) is 0 Å². The first-order valence-corrected chi connectivity index (χ1v) is 4.22. The summed E-state index contributed by atoms with van der Waals surface area (Å²) in [4.78, 5) is 7.00. The largest absolute Gasteiger partial charge is 0.345 e. The van der Waals surface area contributed by atoms with Crippen LogP contribution in [0.15, 0.2) is 41.9 Å². The van der Waals surface area contributed by atoms with Gasteiger partial charge in [-0.2, -0.15) is 5.10 Å². The van der Waals surface area contributed by atoms with Crippen LogP contribution in [0.3, 0.4) is 0 Å². The predicted molar refractivity (Wildman–Crippen MR) is 55.8 cm³/mol. The standard InChI is InChI=1S/C10H10N4/c11-14-5-8-2-1-3-9(4-8)10-6-12-7-13-10/h1-7H,11H2,(H,12,13). The Labute approximate surface area is 81.5 Å². The fraction of sp³-hybridized carbons (Fsp3) is 0. The third-order valence-corrected chi connectivity index (χ3v) is 1.92. The molecule has 2 aromatic rings. The Balaban J connectivity index is 2.40. The van der Waals surface area contributed by atoms with Crippen LogP contribution in [0.1, 0.15) is 5.56 Å². The van der Waals surface area contributed by atoms with Gasteiger partial charge in [-0.15, -0.1) is 0 Å². The van der Waals surface area contributed by atoms with E-state index >= 15 is 0 Å². The average molecular weight is 186 g/mol. The van der Waals surface area contributed by atoms with Gasteiger partial charge in [0.25, 0.3) is 0 Å². The number of H-pyrrole nitrogens is 1. The molecule has 2 rings (SSSR count). The number of imidazole rings is 1. The summed E-state index contributed by atoms with van der Waals surface area (Å²) in [7, 11) is 0. The highest BCUT2D eigenvalue weighted by Crippen LogP contribution is 2.16. The molecule has 0 unspecified atom stereocenters. The van der Waals surface area contributed by atoms with E-state index in [0.29, 0.717) is 0 Å². The number of hydrogen-bond acceptors (Lipinski definition) is 3. The topological polar surface area (TPSA) is 67.1 Å². The van der Waals surface area contributed by atoms with Crippen LogP contribution in [-0.2, 0) is 0 Å². The maximum Gasteiger partial charge on any atom is 0.0924 e. The minimum absolute atomic E-state index is 0.972. The molecule has 0 bridgehead atoms. The van der Waals surface area contributed by atoms with Gasteiger partial charge in [0.1, 0.15) is 0 Å². The third-order valence-electron chi connectivity index (χ3n) is 1.92. The van der Waals surface area contributed by atoms with Gasteiger partial charge in [0.2, 0.25) is 0 Å². The fourth-order valence-electron chi connectivity index (χ4n) is 1.29. The number of nitrogens with one attached hydrogen (secondary N) is 1. The van der Waals surface area contributed by atoms with Gasteiger partial charge in [-0.1, -0.05) is 18.2 Å². The van der Waals surface area contributed by atoms with Crippen LogP contribution < -0.4 is 5.84 Å². The first kappa shape index (κ1) is 8.50. The SMILES string of the molecule is NN=Cc1cccc(-c2cnc[nH]2)c1. The van der Waals surface area contributed by atoms with E-state index in [1.165, 1.54) is 0 Å². The minimum atomic E-state index is 0.972. The molecule has 0 atom stereocenters. The maximum atomic E-state index is 5.08.